The van der Waals surface area contributed by atoms with Crippen LogP contribution in [0, 0.1) is 11.3 Å². The lowest BCUT2D eigenvalue weighted by molar-refractivity contribution is -0.133. The third-order valence-corrected chi connectivity index (χ3v) is 4.34. The van der Waals surface area contributed by atoms with E-state index in [1.807, 2.05) is 60.7 Å². The summed E-state index contributed by atoms with van der Waals surface area (Å²) in [6.07, 6.45) is 0. The lowest BCUT2D eigenvalue weighted by Crippen LogP contribution is -2.35. The summed E-state index contributed by atoms with van der Waals surface area (Å²) >= 11 is 0. The van der Waals surface area contributed by atoms with Gasteiger partial charge in [-0.15, -0.1) is 0 Å². The van der Waals surface area contributed by atoms with E-state index >= 15 is 0 Å². The molecule has 0 atom stereocenters. The van der Waals surface area contributed by atoms with Crippen LogP contribution in [0.3, 0.4) is 0 Å². The number of hydrogen-bond donors (Lipinski definition) is 0. The zero-order valence-corrected chi connectivity index (χ0v) is 15.1. The van der Waals surface area contributed by atoms with Crippen LogP contribution >= 0.6 is 0 Å². The maximum Gasteiger partial charge on any atom is 0.261 e. The van der Waals surface area contributed by atoms with Crippen molar-refractivity contribution in [2.24, 2.45) is 0 Å². The zero-order valence-electron chi connectivity index (χ0n) is 15.1. The third kappa shape index (κ3) is 4.53. The molecule has 0 bridgehead atoms. The molecular weight excluding hydrogens is 336 g/mol. The maximum absolute atomic E-state index is 12.8. The van der Waals surface area contributed by atoms with Gasteiger partial charge in [0.15, 0.2) is 6.61 Å². The molecule has 0 fully saturated rings. The average molecular weight is 356 g/mol. The second kappa shape index (κ2) is 8.68. The Labute approximate surface area is 159 Å². The molecule has 0 saturated heterocycles. The molecule has 0 aliphatic rings. The van der Waals surface area contributed by atoms with E-state index in [0.717, 1.165) is 11.1 Å². The van der Waals surface area contributed by atoms with Gasteiger partial charge in [-0.05, 0) is 29.3 Å². The van der Waals surface area contributed by atoms with Crippen LogP contribution in [-0.2, 0) is 4.79 Å². The second-order valence-corrected chi connectivity index (χ2v) is 6.16. The van der Waals surface area contributed by atoms with E-state index in [0.29, 0.717) is 11.3 Å². The Morgan fingerprint density at radius 2 is 1.56 bits per heavy atom. The fraction of sp³-hybridized carbons (Fsp3) is 0.130. The van der Waals surface area contributed by atoms with E-state index in [-0.39, 0.29) is 18.6 Å². The zero-order chi connectivity index (χ0) is 19.1. The smallest absolute Gasteiger partial charge is 0.261 e. The minimum absolute atomic E-state index is 0.0957. The molecule has 0 saturated carbocycles. The van der Waals surface area contributed by atoms with Crippen molar-refractivity contribution in [3.63, 3.8) is 0 Å². The Hall–Kier alpha value is -3.58. The number of nitriles is 1. The summed E-state index contributed by atoms with van der Waals surface area (Å²) in [5, 5.41) is 8.97. The first-order valence-electron chi connectivity index (χ1n) is 8.67. The van der Waals surface area contributed by atoms with Crippen molar-refractivity contribution >= 4 is 5.91 Å². The van der Waals surface area contributed by atoms with E-state index in [9.17, 15) is 4.79 Å². The van der Waals surface area contributed by atoms with Gasteiger partial charge in [-0.1, -0.05) is 66.7 Å². The van der Waals surface area contributed by atoms with Crippen molar-refractivity contribution < 1.29 is 9.53 Å². The number of carbonyl (C=O) groups excluding carboxylic acids is 1. The third-order valence-electron chi connectivity index (χ3n) is 4.34. The lowest BCUT2D eigenvalue weighted by atomic mass is 9.97. The van der Waals surface area contributed by atoms with Crippen molar-refractivity contribution in [3.8, 4) is 11.8 Å². The molecule has 0 aliphatic heterocycles. The molecule has 0 aromatic heterocycles. The second-order valence-electron chi connectivity index (χ2n) is 6.16. The number of hydrogen-bond acceptors (Lipinski definition) is 3. The SMILES string of the molecule is CN(C(=O)COc1cccc(C#N)c1)C(c1ccccc1)c1ccccc1. The number of amides is 1. The molecule has 0 aliphatic carbocycles. The van der Waals surface area contributed by atoms with Crippen LogP contribution in [-0.4, -0.2) is 24.5 Å². The summed E-state index contributed by atoms with van der Waals surface area (Å²) in [5.41, 5.74) is 2.57. The number of nitrogens with zero attached hydrogens (tertiary/aromatic N) is 2. The van der Waals surface area contributed by atoms with Crippen LogP contribution in [0.2, 0.25) is 0 Å². The van der Waals surface area contributed by atoms with Crippen LogP contribution in [0.4, 0.5) is 0 Å². The number of ether oxygens (including phenoxy) is 1. The molecule has 3 aromatic rings. The molecule has 4 nitrogen and oxygen atoms in total. The van der Waals surface area contributed by atoms with Gasteiger partial charge in [0.2, 0.25) is 0 Å². The van der Waals surface area contributed by atoms with Crippen molar-refractivity contribution in [1.29, 1.82) is 5.26 Å². The minimum atomic E-state index is -0.200. The highest BCUT2D eigenvalue weighted by atomic mass is 16.5. The molecule has 134 valence electrons. The Bertz CT molecular complexity index is 894. The monoisotopic (exact) mass is 356 g/mol. The fourth-order valence-corrected chi connectivity index (χ4v) is 2.96. The molecule has 3 rings (SSSR count). The molecule has 0 spiro atoms. The molecular formula is C23H20N2O2. The number of rotatable bonds is 6. The molecule has 27 heavy (non-hydrogen) atoms. The summed E-state index contributed by atoms with van der Waals surface area (Å²) in [6, 6.07) is 28.5. The van der Waals surface area contributed by atoms with E-state index < -0.39 is 0 Å². The number of carbonyl (C=O) groups is 1. The predicted molar refractivity (Wildman–Crippen MR) is 104 cm³/mol. The predicted octanol–water partition coefficient (Wildman–Crippen LogP) is 4.19. The summed E-state index contributed by atoms with van der Waals surface area (Å²) in [5.74, 6) is 0.363. The first kappa shape index (κ1) is 18.2. The molecule has 0 heterocycles. The van der Waals surface area contributed by atoms with Crippen LogP contribution in [0.1, 0.15) is 22.7 Å². The topological polar surface area (TPSA) is 53.3 Å². The van der Waals surface area contributed by atoms with Gasteiger partial charge in [0.25, 0.3) is 5.91 Å². The maximum atomic E-state index is 12.8. The highest BCUT2D eigenvalue weighted by Crippen LogP contribution is 2.27. The van der Waals surface area contributed by atoms with Gasteiger partial charge >= 0.3 is 0 Å². The summed E-state index contributed by atoms with van der Waals surface area (Å²) in [4.78, 5) is 14.5. The Kier molecular flexibility index (Phi) is 5.86. The van der Waals surface area contributed by atoms with Crippen LogP contribution in [0.15, 0.2) is 84.9 Å². The first-order valence-corrected chi connectivity index (χ1v) is 8.67. The van der Waals surface area contributed by atoms with Gasteiger partial charge in [0, 0.05) is 7.05 Å². The fourth-order valence-electron chi connectivity index (χ4n) is 2.96. The largest absolute Gasteiger partial charge is 0.484 e. The van der Waals surface area contributed by atoms with Crippen molar-refractivity contribution in [2.45, 2.75) is 6.04 Å². The highest BCUT2D eigenvalue weighted by Gasteiger charge is 2.23. The molecule has 0 radical (unpaired) electrons. The molecule has 3 aromatic carbocycles. The van der Waals surface area contributed by atoms with Gasteiger partial charge < -0.3 is 9.64 Å². The van der Waals surface area contributed by atoms with Crippen LogP contribution in [0.5, 0.6) is 5.75 Å². The normalized spacial score (nSPS) is 10.3. The van der Waals surface area contributed by atoms with Gasteiger partial charge in [0.05, 0.1) is 17.7 Å². The van der Waals surface area contributed by atoms with Gasteiger partial charge in [-0.2, -0.15) is 5.26 Å². The van der Waals surface area contributed by atoms with E-state index in [1.54, 1.807) is 36.2 Å². The standard InChI is InChI=1S/C23H20N2O2/c1-25(22(26)17-27-21-14-8-9-18(15-21)16-24)23(19-10-4-2-5-11-19)20-12-6-3-7-13-20/h2-15,23H,17H2,1H3. The Morgan fingerprint density at radius 3 is 2.11 bits per heavy atom. The van der Waals surface area contributed by atoms with E-state index in [1.165, 1.54) is 0 Å². The van der Waals surface area contributed by atoms with Crippen molar-refractivity contribution in [2.75, 3.05) is 13.7 Å². The van der Waals surface area contributed by atoms with Gasteiger partial charge in [-0.25, -0.2) is 0 Å². The quantitative estimate of drug-likeness (QED) is 0.666. The summed E-state index contributed by atoms with van der Waals surface area (Å²) in [7, 11) is 1.78. The average Bonchev–Trinajstić information content (AvgIpc) is 2.74. The summed E-state index contributed by atoms with van der Waals surface area (Å²) < 4.78 is 5.61. The van der Waals surface area contributed by atoms with E-state index in [2.05, 4.69) is 6.07 Å². The first-order chi connectivity index (χ1) is 13.2. The Balaban J connectivity index is 1.78. The van der Waals surface area contributed by atoms with E-state index in [4.69, 9.17) is 10.00 Å². The van der Waals surface area contributed by atoms with Crippen molar-refractivity contribution in [1.82, 2.24) is 4.90 Å². The number of likely N-dealkylation sites (N-methyl/N-ethyl adjacent to an activating group) is 1. The lowest BCUT2D eigenvalue weighted by Gasteiger charge is -2.29. The number of benzene rings is 3. The molecule has 4 heteroatoms. The molecule has 0 N–H and O–H groups in total. The Morgan fingerprint density at radius 1 is 0.963 bits per heavy atom. The van der Waals surface area contributed by atoms with Crippen LogP contribution < -0.4 is 4.74 Å². The van der Waals surface area contributed by atoms with Crippen molar-refractivity contribution in [3.05, 3.63) is 102 Å². The molecule has 1 amide bonds. The van der Waals surface area contributed by atoms with Gasteiger partial charge in [-0.3, -0.25) is 4.79 Å². The minimum Gasteiger partial charge on any atom is -0.484 e. The van der Waals surface area contributed by atoms with Gasteiger partial charge in [0.1, 0.15) is 5.75 Å². The molecule has 0 unspecified atom stereocenters. The van der Waals surface area contributed by atoms with Crippen LogP contribution in [0.25, 0.3) is 0 Å². The summed E-state index contributed by atoms with van der Waals surface area (Å²) in [6.45, 7) is -0.0957. The highest BCUT2D eigenvalue weighted by molar-refractivity contribution is 5.78.